The van der Waals surface area contributed by atoms with Gasteiger partial charge >= 0.3 is 0 Å². The number of halogens is 1. The molecular weight excluding hydrogens is 188 g/mol. The number of pyridine rings is 1. The molecule has 0 amide bonds. The van der Waals surface area contributed by atoms with Crippen molar-refractivity contribution in [3.05, 3.63) is 28.5 Å². The second kappa shape index (κ2) is 4.17. The number of carbonyl (C=O) groups excluding carboxylic acids is 1. The normalized spacial score (nSPS) is 11.9. The van der Waals surface area contributed by atoms with Crippen LogP contribution >= 0.6 is 11.6 Å². The molecule has 1 atom stereocenters. The number of isocyanates is 1. The highest BCUT2D eigenvalue weighted by Gasteiger charge is 2.05. The van der Waals surface area contributed by atoms with E-state index < -0.39 is 0 Å². The van der Waals surface area contributed by atoms with Gasteiger partial charge in [0.2, 0.25) is 6.08 Å². The molecule has 0 saturated carbocycles. The molecule has 0 aliphatic carbocycles. The van der Waals surface area contributed by atoms with Crippen LogP contribution in [0.3, 0.4) is 0 Å². The number of aromatic nitrogens is 1. The maximum atomic E-state index is 10.0. The van der Waals surface area contributed by atoms with E-state index in [2.05, 4.69) is 9.98 Å². The first-order valence-corrected chi connectivity index (χ1v) is 4.22. The molecule has 1 rings (SSSR count). The van der Waals surface area contributed by atoms with Gasteiger partial charge in [-0.05, 0) is 31.0 Å². The lowest BCUT2D eigenvalue weighted by Crippen LogP contribution is -1.92. The fourth-order valence-electron chi connectivity index (χ4n) is 0.962. The van der Waals surface area contributed by atoms with Crippen LogP contribution in [0.4, 0.5) is 0 Å². The van der Waals surface area contributed by atoms with Crippen LogP contribution in [0.1, 0.15) is 24.1 Å². The molecule has 1 aromatic rings. The van der Waals surface area contributed by atoms with Gasteiger partial charge in [-0.15, -0.1) is 0 Å². The summed E-state index contributed by atoms with van der Waals surface area (Å²) < 4.78 is 0. The van der Waals surface area contributed by atoms with Crippen molar-refractivity contribution in [3.63, 3.8) is 0 Å². The van der Waals surface area contributed by atoms with Crippen molar-refractivity contribution < 1.29 is 4.79 Å². The Morgan fingerprint density at radius 3 is 2.92 bits per heavy atom. The largest absolute Gasteiger partial charge is 0.244 e. The zero-order valence-electron chi connectivity index (χ0n) is 7.41. The lowest BCUT2D eigenvalue weighted by Gasteiger charge is -2.05. The van der Waals surface area contributed by atoms with Gasteiger partial charge in [-0.2, -0.15) is 4.99 Å². The van der Waals surface area contributed by atoms with Crippen molar-refractivity contribution in [2.45, 2.75) is 19.9 Å². The molecule has 0 N–H and O–H groups in total. The number of hydrogen-bond acceptors (Lipinski definition) is 3. The molecule has 1 unspecified atom stereocenters. The maximum absolute atomic E-state index is 10.0. The highest BCUT2D eigenvalue weighted by Crippen LogP contribution is 2.19. The molecular formula is C9H9ClN2O. The van der Waals surface area contributed by atoms with E-state index in [0.717, 1.165) is 11.1 Å². The first-order valence-electron chi connectivity index (χ1n) is 3.84. The number of hydrogen-bond donors (Lipinski definition) is 0. The van der Waals surface area contributed by atoms with Crippen LogP contribution in [-0.4, -0.2) is 11.1 Å². The molecule has 0 aliphatic heterocycles. The smallest absolute Gasteiger partial charge is 0.235 e. The van der Waals surface area contributed by atoms with Crippen molar-refractivity contribution in [2.75, 3.05) is 0 Å². The van der Waals surface area contributed by atoms with E-state index in [-0.39, 0.29) is 6.04 Å². The SMILES string of the molecule is Cc1cc(C(C)N=C=O)cnc1Cl. The molecule has 4 heteroatoms. The zero-order valence-corrected chi connectivity index (χ0v) is 8.17. The van der Waals surface area contributed by atoms with Crippen LogP contribution in [0.5, 0.6) is 0 Å². The third-order valence-electron chi connectivity index (χ3n) is 1.76. The second-order valence-corrected chi connectivity index (χ2v) is 3.13. The molecule has 1 heterocycles. The molecule has 0 spiro atoms. The summed E-state index contributed by atoms with van der Waals surface area (Å²) >= 11 is 5.74. The van der Waals surface area contributed by atoms with Gasteiger partial charge in [0, 0.05) is 6.20 Å². The van der Waals surface area contributed by atoms with Gasteiger partial charge in [-0.1, -0.05) is 11.6 Å². The summed E-state index contributed by atoms with van der Waals surface area (Å²) in [6, 6.07) is 1.65. The van der Waals surface area contributed by atoms with E-state index in [0.29, 0.717) is 5.15 Å². The molecule has 0 aliphatic rings. The minimum atomic E-state index is -0.207. The van der Waals surface area contributed by atoms with Gasteiger partial charge in [0.25, 0.3) is 0 Å². The van der Waals surface area contributed by atoms with Crippen LogP contribution < -0.4 is 0 Å². The molecule has 0 aromatic carbocycles. The Labute approximate surface area is 81.5 Å². The third-order valence-corrected chi connectivity index (χ3v) is 2.16. The Hall–Kier alpha value is -1.18. The molecule has 68 valence electrons. The second-order valence-electron chi connectivity index (χ2n) is 2.77. The Balaban J connectivity index is 3.03. The quantitative estimate of drug-likeness (QED) is 0.414. The fraction of sp³-hybridized carbons (Fsp3) is 0.333. The first-order chi connectivity index (χ1) is 6.15. The van der Waals surface area contributed by atoms with Gasteiger partial charge < -0.3 is 0 Å². The van der Waals surface area contributed by atoms with Crippen LogP contribution in [0.2, 0.25) is 5.15 Å². The van der Waals surface area contributed by atoms with Gasteiger partial charge in [-0.3, -0.25) is 0 Å². The summed E-state index contributed by atoms with van der Waals surface area (Å²) in [5, 5.41) is 0.478. The van der Waals surface area contributed by atoms with Gasteiger partial charge in [-0.25, -0.2) is 9.78 Å². The minimum absolute atomic E-state index is 0.207. The lowest BCUT2D eigenvalue weighted by atomic mass is 10.1. The van der Waals surface area contributed by atoms with E-state index in [1.165, 1.54) is 6.08 Å². The van der Waals surface area contributed by atoms with Crippen molar-refractivity contribution >= 4 is 17.7 Å². The highest BCUT2D eigenvalue weighted by molar-refractivity contribution is 6.30. The number of nitrogens with zero attached hydrogens (tertiary/aromatic N) is 2. The predicted molar refractivity (Wildman–Crippen MR) is 50.5 cm³/mol. The standard InChI is InChI=1S/C9H9ClN2O/c1-6-3-8(4-11-9(6)10)7(2)12-5-13/h3-4,7H,1-2H3. The molecule has 0 fully saturated rings. The van der Waals surface area contributed by atoms with Gasteiger partial charge in [0.1, 0.15) is 5.15 Å². The molecule has 0 bridgehead atoms. The summed E-state index contributed by atoms with van der Waals surface area (Å²) in [5.41, 5.74) is 1.75. The topological polar surface area (TPSA) is 42.3 Å². The first kappa shape index (κ1) is 9.90. The highest BCUT2D eigenvalue weighted by atomic mass is 35.5. The Kier molecular flexibility index (Phi) is 3.18. The zero-order chi connectivity index (χ0) is 9.84. The molecule has 13 heavy (non-hydrogen) atoms. The number of rotatable bonds is 2. The van der Waals surface area contributed by atoms with Crippen LogP contribution in [0.25, 0.3) is 0 Å². The van der Waals surface area contributed by atoms with Crippen molar-refractivity contribution in [2.24, 2.45) is 4.99 Å². The molecule has 3 nitrogen and oxygen atoms in total. The van der Waals surface area contributed by atoms with Gasteiger partial charge in [0.15, 0.2) is 0 Å². The van der Waals surface area contributed by atoms with Crippen molar-refractivity contribution in [1.29, 1.82) is 0 Å². The van der Waals surface area contributed by atoms with E-state index in [1.807, 2.05) is 13.0 Å². The van der Waals surface area contributed by atoms with E-state index in [9.17, 15) is 4.79 Å². The molecule has 1 aromatic heterocycles. The molecule has 0 saturated heterocycles. The monoisotopic (exact) mass is 196 g/mol. The average Bonchev–Trinajstić information content (AvgIpc) is 2.10. The predicted octanol–water partition coefficient (Wildman–Crippen LogP) is 2.44. The third kappa shape index (κ3) is 2.38. The van der Waals surface area contributed by atoms with Crippen molar-refractivity contribution in [3.8, 4) is 0 Å². The fourth-order valence-corrected chi connectivity index (χ4v) is 1.07. The van der Waals surface area contributed by atoms with E-state index in [4.69, 9.17) is 11.6 Å². The summed E-state index contributed by atoms with van der Waals surface area (Å²) in [5.74, 6) is 0. The maximum Gasteiger partial charge on any atom is 0.235 e. The summed E-state index contributed by atoms with van der Waals surface area (Å²) in [6.07, 6.45) is 3.13. The van der Waals surface area contributed by atoms with Crippen LogP contribution in [0.15, 0.2) is 17.3 Å². The van der Waals surface area contributed by atoms with Crippen LogP contribution in [-0.2, 0) is 4.79 Å². The summed E-state index contributed by atoms with van der Waals surface area (Å²) in [4.78, 5) is 17.5. The lowest BCUT2D eigenvalue weighted by molar-refractivity contribution is 0.559. The van der Waals surface area contributed by atoms with Gasteiger partial charge in [0.05, 0.1) is 6.04 Å². The van der Waals surface area contributed by atoms with Crippen LogP contribution in [0, 0.1) is 6.92 Å². The minimum Gasteiger partial charge on any atom is -0.244 e. The number of aliphatic imine (C=N–C) groups is 1. The average molecular weight is 197 g/mol. The Morgan fingerprint density at radius 1 is 1.69 bits per heavy atom. The number of aryl methyl sites for hydroxylation is 1. The molecule has 0 radical (unpaired) electrons. The Morgan fingerprint density at radius 2 is 2.38 bits per heavy atom. The van der Waals surface area contributed by atoms with Crippen molar-refractivity contribution in [1.82, 2.24) is 4.98 Å². The summed E-state index contributed by atoms with van der Waals surface area (Å²) in [7, 11) is 0. The van der Waals surface area contributed by atoms with E-state index >= 15 is 0 Å². The summed E-state index contributed by atoms with van der Waals surface area (Å²) in [6.45, 7) is 3.66. The van der Waals surface area contributed by atoms with E-state index in [1.54, 1.807) is 13.1 Å². The Bertz CT molecular complexity index is 359.